The molecule has 3 aromatic carbocycles. The van der Waals surface area contributed by atoms with Crippen LogP contribution in [0.15, 0.2) is 70.5 Å². The van der Waals surface area contributed by atoms with Crippen molar-refractivity contribution in [3.8, 4) is 11.5 Å². The van der Waals surface area contributed by atoms with Gasteiger partial charge in [-0.05, 0) is 97.7 Å². The van der Waals surface area contributed by atoms with E-state index in [-0.39, 0.29) is 16.4 Å². The molecule has 260 valence electrons. The van der Waals surface area contributed by atoms with E-state index in [1.165, 1.54) is 33.5 Å². The van der Waals surface area contributed by atoms with E-state index in [1.807, 2.05) is 19.1 Å². The summed E-state index contributed by atoms with van der Waals surface area (Å²) in [5.74, 6) is 0.594. The Morgan fingerprint density at radius 1 is 0.959 bits per heavy atom. The first-order chi connectivity index (χ1) is 23.4. The van der Waals surface area contributed by atoms with Crippen LogP contribution in [0.3, 0.4) is 0 Å². The highest BCUT2D eigenvalue weighted by Gasteiger charge is 2.38. The number of methoxy groups -OCH3 is 3. The molecule has 0 saturated carbocycles. The number of pyridine rings is 1. The monoisotopic (exact) mass is 690 g/mol. The maximum atomic E-state index is 14.8. The zero-order valence-electron chi connectivity index (χ0n) is 28.5. The zero-order chi connectivity index (χ0) is 35.5. The van der Waals surface area contributed by atoms with Crippen molar-refractivity contribution in [3.05, 3.63) is 87.8 Å². The predicted molar refractivity (Wildman–Crippen MR) is 188 cm³/mol. The first-order valence-electron chi connectivity index (χ1n) is 16.1. The van der Waals surface area contributed by atoms with Crippen LogP contribution in [-0.2, 0) is 25.8 Å². The van der Waals surface area contributed by atoms with Gasteiger partial charge in [0.1, 0.15) is 6.04 Å². The van der Waals surface area contributed by atoms with Gasteiger partial charge in [0.2, 0.25) is 5.91 Å². The fourth-order valence-electron chi connectivity index (χ4n) is 6.28. The van der Waals surface area contributed by atoms with Crippen LogP contribution in [-0.4, -0.2) is 63.4 Å². The number of anilines is 2. The number of amides is 2. The van der Waals surface area contributed by atoms with Crippen LogP contribution >= 0.6 is 0 Å². The molecule has 0 aliphatic carbocycles. The van der Waals surface area contributed by atoms with Gasteiger partial charge in [-0.3, -0.25) is 14.9 Å². The minimum atomic E-state index is -3.77. The first-order valence-corrected chi connectivity index (χ1v) is 17.6. The van der Waals surface area contributed by atoms with Gasteiger partial charge in [0.15, 0.2) is 21.3 Å². The Labute approximate surface area is 285 Å². The van der Waals surface area contributed by atoms with E-state index < -0.39 is 33.3 Å². The fourth-order valence-corrected chi connectivity index (χ4v) is 7.57. The third kappa shape index (κ3) is 7.07. The number of nitrogens with one attached hydrogen (secondary N) is 3. The molecule has 1 aliphatic heterocycles. The molecule has 1 fully saturated rings. The summed E-state index contributed by atoms with van der Waals surface area (Å²) < 4.78 is 43.0. The van der Waals surface area contributed by atoms with Gasteiger partial charge in [0.25, 0.3) is 5.56 Å². The van der Waals surface area contributed by atoms with E-state index in [1.54, 1.807) is 55.3 Å². The van der Waals surface area contributed by atoms with Crippen molar-refractivity contribution in [2.45, 2.75) is 62.3 Å². The lowest BCUT2D eigenvalue weighted by Crippen LogP contribution is -2.38. The van der Waals surface area contributed by atoms with Gasteiger partial charge in [-0.25, -0.2) is 13.2 Å². The zero-order valence-corrected chi connectivity index (χ0v) is 29.3. The van der Waals surface area contributed by atoms with Crippen molar-refractivity contribution >= 4 is 44.0 Å². The lowest BCUT2D eigenvalue weighted by molar-refractivity contribution is -0.133. The number of nitrogens with zero attached hydrogens (tertiary/aromatic N) is 1. The molecule has 2 atom stereocenters. The number of carbonyl (C=O) groups excluding carboxylic acids is 2. The Kier molecular flexibility index (Phi) is 10.5. The topological polar surface area (TPSA) is 156 Å². The standard InChI is InChI=1S/C36H42N4O8S/c1-7-22-20-37-34(41)27-18-24(11-13-26(22)27)38-33(23-10-14-30(46-4)31(17-23)47-5)35(42)40-16-8-9-29(40)28-19-25(39-36(43)48-6)12-15-32(28)49(44,45)21(2)3/h10-15,17-21,29,33,38H,7-9,16H2,1-6H3,(H,37,41)(H,39,43). The number of aromatic nitrogens is 1. The van der Waals surface area contributed by atoms with Crippen LogP contribution < -0.4 is 25.7 Å². The largest absolute Gasteiger partial charge is 0.493 e. The Morgan fingerprint density at radius 3 is 2.37 bits per heavy atom. The highest BCUT2D eigenvalue weighted by molar-refractivity contribution is 7.92. The van der Waals surface area contributed by atoms with Gasteiger partial charge in [-0.2, -0.15) is 0 Å². The number of ether oxygens (including phenoxy) is 3. The van der Waals surface area contributed by atoms with E-state index in [0.29, 0.717) is 58.8 Å². The van der Waals surface area contributed by atoms with Crippen LogP contribution in [0.1, 0.15) is 62.4 Å². The highest BCUT2D eigenvalue weighted by atomic mass is 32.2. The second kappa shape index (κ2) is 14.6. The molecule has 2 unspecified atom stereocenters. The summed E-state index contributed by atoms with van der Waals surface area (Å²) >= 11 is 0. The summed E-state index contributed by atoms with van der Waals surface area (Å²) in [6.07, 6.45) is 2.86. The molecule has 3 N–H and O–H groups in total. The quantitative estimate of drug-likeness (QED) is 0.172. The van der Waals surface area contributed by atoms with Crippen LogP contribution in [0.2, 0.25) is 0 Å². The number of likely N-dealkylation sites (tertiary alicyclic amines) is 1. The lowest BCUT2D eigenvalue weighted by Gasteiger charge is -2.32. The predicted octanol–water partition coefficient (Wildman–Crippen LogP) is 5.99. The Hall–Kier alpha value is -5.04. The molecule has 2 amide bonds. The van der Waals surface area contributed by atoms with Crippen molar-refractivity contribution in [3.63, 3.8) is 0 Å². The summed E-state index contributed by atoms with van der Waals surface area (Å²) in [5.41, 5.74) is 2.60. The van der Waals surface area contributed by atoms with Crippen LogP contribution in [0.5, 0.6) is 11.5 Å². The minimum Gasteiger partial charge on any atom is -0.493 e. The van der Waals surface area contributed by atoms with Crippen LogP contribution in [0, 0.1) is 0 Å². The average Bonchev–Trinajstić information content (AvgIpc) is 3.60. The second-order valence-corrected chi connectivity index (χ2v) is 14.6. The smallest absolute Gasteiger partial charge is 0.411 e. The third-order valence-electron chi connectivity index (χ3n) is 8.93. The first kappa shape index (κ1) is 35.3. The highest BCUT2D eigenvalue weighted by Crippen LogP contribution is 2.41. The molecule has 0 bridgehead atoms. The van der Waals surface area contributed by atoms with E-state index in [4.69, 9.17) is 14.2 Å². The molecule has 4 aromatic rings. The van der Waals surface area contributed by atoms with E-state index in [0.717, 1.165) is 17.4 Å². The molecule has 2 heterocycles. The number of fused-ring (bicyclic) bond motifs is 1. The van der Waals surface area contributed by atoms with Crippen molar-refractivity contribution in [1.82, 2.24) is 9.88 Å². The number of H-pyrrole nitrogens is 1. The normalized spacial score (nSPS) is 15.2. The maximum Gasteiger partial charge on any atom is 0.411 e. The van der Waals surface area contributed by atoms with Gasteiger partial charge >= 0.3 is 6.09 Å². The molecule has 12 nitrogen and oxygen atoms in total. The molecular weight excluding hydrogens is 648 g/mol. The second-order valence-electron chi connectivity index (χ2n) is 12.1. The molecule has 0 spiro atoms. The number of rotatable bonds is 11. The number of aryl methyl sites for hydroxylation is 1. The fraction of sp³-hybridized carbons (Fsp3) is 0.361. The lowest BCUT2D eigenvalue weighted by atomic mass is 10.00. The van der Waals surface area contributed by atoms with E-state index in [2.05, 4.69) is 15.6 Å². The summed E-state index contributed by atoms with van der Waals surface area (Å²) in [6.45, 7) is 5.58. The molecule has 13 heteroatoms. The van der Waals surface area contributed by atoms with Gasteiger partial charge < -0.3 is 29.4 Å². The molecular formula is C36H42N4O8S. The molecule has 1 aromatic heterocycles. The minimum absolute atomic E-state index is 0.0960. The number of sulfone groups is 1. The number of benzene rings is 3. The Balaban J connectivity index is 1.62. The van der Waals surface area contributed by atoms with Gasteiger partial charge in [0, 0.05) is 29.5 Å². The summed E-state index contributed by atoms with van der Waals surface area (Å²) in [4.78, 5) is 44.3. The Bertz CT molecular complexity index is 2040. The number of aromatic amines is 1. The summed E-state index contributed by atoms with van der Waals surface area (Å²) in [7, 11) is 0.497. The molecule has 49 heavy (non-hydrogen) atoms. The van der Waals surface area contributed by atoms with Crippen molar-refractivity contribution in [1.29, 1.82) is 0 Å². The molecule has 0 radical (unpaired) electrons. The third-order valence-corrected chi connectivity index (χ3v) is 11.2. The average molecular weight is 691 g/mol. The summed E-state index contributed by atoms with van der Waals surface area (Å²) in [6, 6.07) is 13.6. The number of hydrogen-bond acceptors (Lipinski definition) is 9. The van der Waals surface area contributed by atoms with Crippen LogP contribution in [0.25, 0.3) is 10.8 Å². The molecule has 1 saturated heterocycles. The van der Waals surface area contributed by atoms with Gasteiger partial charge in [0.05, 0.1) is 37.5 Å². The summed E-state index contributed by atoms with van der Waals surface area (Å²) in [5, 5.41) is 6.57. The van der Waals surface area contributed by atoms with Crippen molar-refractivity contribution in [2.75, 3.05) is 38.5 Å². The number of carbonyl (C=O) groups is 2. The maximum absolute atomic E-state index is 14.8. The SMILES string of the molecule is CCc1c[nH]c(=O)c2cc(NC(C(=O)N3CCCC3c3cc(NC(=O)OC)ccc3S(=O)(=O)C(C)C)c3ccc(OC)c(OC)c3)ccc12. The van der Waals surface area contributed by atoms with Crippen molar-refractivity contribution in [2.24, 2.45) is 0 Å². The molecule has 1 aliphatic rings. The number of hydrogen-bond donors (Lipinski definition) is 3. The Morgan fingerprint density at radius 2 is 1.69 bits per heavy atom. The van der Waals surface area contributed by atoms with Crippen molar-refractivity contribution < 1.29 is 32.2 Å². The van der Waals surface area contributed by atoms with Gasteiger partial charge in [-0.15, -0.1) is 0 Å². The van der Waals surface area contributed by atoms with Crippen LogP contribution in [0.4, 0.5) is 16.2 Å². The van der Waals surface area contributed by atoms with Gasteiger partial charge in [-0.1, -0.05) is 19.1 Å². The molecule has 5 rings (SSSR count). The van der Waals surface area contributed by atoms with E-state index in [9.17, 15) is 22.8 Å². The van der Waals surface area contributed by atoms with E-state index >= 15 is 0 Å².